The van der Waals surface area contributed by atoms with E-state index in [1.807, 2.05) is 12.2 Å². The molecule has 0 heterocycles. The highest BCUT2D eigenvalue weighted by molar-refractivity contribution is 4.93. The van der Waals surface area contributed by atoms with Crippen molar-refractivity contribution >= 4 is 0 Å². The molecule has 0 radical (unpaired) electrons. The average Bonchev–Trinajstić information content (AvgIpc) is 2.69. The van der Waals surface area contributed by atoms with Crippen LogP contribution in [0.4, 0.5) is 0 Å². The Morgan fingerprint density at radius 2 is 1.46 bits per heavy atom. The monoisotopic (exact) mass is 400 g/mol. The number of unbranched alkanes of at least 4 members (excludes halogenated alkanes) is 8. The van der Waals surface area contributed by atoms with Crippen LogP contribution < -0.4 is 0 Å². The lowest BCUT2D eigenvalue weighted by Gasteiger charge is -2.16. The summed E-state index contributed by atoms with van der Waals surface area (Å²) in [6, 6.07) is 0. The molecule has 0 aromatic carbocycles. The molecule has 4 unspecified atom stereocenters. The third-order valence-corrected chi connectivity index (χ3v) is 4.51. The average molecular weight is 401 g/mol. The second kappa shape index (κ2) is 19.2. The Bertz CT molecular complexity index is 406. The summed E-state index contributed by atoms with van der Waals surface area (Å²) in [5.41, 5.74) is 0. The maximum Gasteiger partial charge on any atom is 0.117 e. The van der Waals surface area contributed by atoms with E-state index in [4.69, 9.17) is 14.6 Å². The fourth-order valence-electron chi connectivity index (χ4n) is 2.63. The van der Waals surface area contributed by atoms with Gasteiger partial charge in [-0.05, 0) is 31.8 Å². The van der Waals surface area contributed by atoms with Crippen molar-refractivity contribution in [1.29, 1.82) is 0 Å². The minimum absolute atomic E-state index is 0.0998. The molecule has 28 heavy (non-hydrogen) atoms. The molecule has 0 aliphatic rings. The lowest BCUT2D eigenvalue weighted by molar-refractivity contribution is -0.0233. The third kappa shape index (κ3) is 14.8. The fraction of sp³-hybridized carbons (Fsp3) is 0.727. The van der Waals surface area contributed by atoms with E-state index < -0.39 is 24.4 Å². The van der Waals surface area contributed by atoms with Crippen molar-refractivity contribution in [3.8, 4) is 0 Å². The van der Waals surface area contributed by atoms with Crippen molar-refractivity contribution in [3.05, 3.63) is 37.1 Å². The zero-order chi connectivity index (χ0) is 21.0. The molecule has 4 atom stereocenters. The molecule has 0 rings (SSSR count). The van der Waals surface area contributed by atoms with Gasteiger partial charge in [0, 0.05) is 7.11 Å². The van der Waals surface area contributed by atoms with Crippen molar-refractivity contribution in [1.82, 2.24) is 0 Å². The van der Waals surface area contributed by atoms with Gasteiger partial charge in [-0.1, -0.05) is 50.3 Å². The van der Waals surface area contributed by atoms with E-state index in [2.05, 4.69) is 6.58 Å². The van der Waals surface area contributed by atoms with E-state index in [-0.39, 0.29) is 13.2 Å². The van der Waals surface area contributed by atoms with Crippen LogP contribution in [0, 0.1) is 0 Å². The van der Waals surface area contributed by atoms with Crippen LogP contribution in [0.3, 0.4) is 0 Å². The molecule has 0 aliphatic carbocycles. The second-order valence-corrected chi connectivity index (χ2v) is 6.94. The summed E-state index contributed by atoms with van der Waals surface area (Å²) in [6.07, 6.45) is 14.8. The Balaban J connectivity index is 3.73. The summed E-state index contributed by atoms with van der Waals surface area (Å²) in [5, 5.41) is 38.4. The van der Waals surface area contributed by atoms with E-state index in [0.717, 1.165) is 19.3 Å². The van der Waals surface area contributed by atoms with Crippen LogP contribution in [-0.2, 0) is 9.47 Å². The van der Waals surface area contributed by atoms with Gasteiger partial charge in [-0.15, -0.1) is 6.58 Å². The Hall–Kier alpha value is -1.18. The first kappa shape index (κ1) is 26.8. The number of hydrogen-bond donors (Lipinski definition) is 4. The van der Waals surface area contributed by atoms with E-state index >= 15 is 0 Å². The summed E-state index contributed by atoms with van der Waals surface area (Å²) >= 11 is 0. The molecule has 0 spiro atoms. The number of rotatable bonds is 19. The smallest absolute Gasteiger partial charge is 0.117 e. The molecule has 0 amide bonds. The van der Waals surface area contributed by atoms with E-state index in [1.54, 1.807) is 6.08 Å². The van der Waals surface area contributed by atoms with E-state index in [0.29, 0.717) is 0 Å². The largest absolute Gasteiger partial charge is 0.499 e. The Labute approximate surface area is 170 Å². The number of methoxy groups -OCH3 is 1. The van der Waals surface area contributed by atoms with Crippen LogP contribution in [0.15, 0.2) is 37.1 Å². The predicted octanol–water partition coefficient (Wildman–Crippen LogP) is 2.86. The van der Waals surface area contributed by atoms with Crippen molar-refractivity contribution in [2.24, 2.45) is 0 Å². The summed E-state index contributed by atoms with van der Waals surface area (Å²) in [7, 11) is 1.39. The Kier molecular flexibility index (Phi) is 18.3. The Morgan fingerprint density at radius 3 is 2.04 bits per heavy atom. The van der Waals surface area contributed by atoms with Crippen LogP contribution in [0.5, 0.6) is 0 Å². The topological polar surface area (TPSA) is 99.4 Å². The fourth-order valence-corrected chi connectivity index (χ4v) is 2.63. The van der Waals surface area contributed by atoms with Gasteiger partial charge in [0.2, 0.25) is 0 Å². The maximum absolute atomic E-state index is 9.88. The Morgan fingerprint density at radius 1 is 0.857 bits per heavy atom. The molecule has 0 aromatic rings. The van der Waals surface area contributed by atoms with Gasteiger partial charge in [-0.25, -0.2) is 0 Å². The van der Waals surface area contributed by atoms with Crippen LogP contribution in [0.25, 0.3) is 0 Å². The van der Waals surface area contributed by atoms with Gasteiger partial charge < -0.3 is 29.9 Å². The molecule has 4 N–H and O–H groups in total. The first-order valence-electron chi connectivity index (χ1n) is 10.3. The predicted molar refractivity (Wildman–Crippen MR) is 112 cm³/mol. The quantitative estimate of drug-likeness (QED) is 0.151. The molecule has 6 heteroatoms. The molecular weight excluding hydrogens is 360 g/mol. The summed E-state index contributed by atoms with van der Waals surface area (Å²) in [6.45, 7) is 3.31. The lowest BCUT2D eigenvalue weighted by atomic mass is 10.1. The highest BCUT2D eigenvalue weighted by Gasteiger charge is 2.15. The number of allylic oxidation sites excluding steroid dienone is 2. The standard InChI is InChI=1S/C22H40O6/c1-3-4-5-6-7-8-9-10-11-12-13-14-19(24)21(26)18-28-16-15-20(25)22(17-23)27-2/h3,13-16,19-26H,1,4-12,17-18H2,2H3/b14-13+,16-15+. The minimum Gasteiger partial charge on any atom is -0.499 e. The maximum atomic E-state index is 9.88. The zero-order valence-electron chi connectivity index (χ0n) is 17.3. The summed E-state index contributed by atoms with van der Waals surface area (Å²) in [5.74, 6) is 0. The molecule has 0 aliphatic heterocycles. The van der Waals surface area contributed by atoms with Crippen LogP contribution in [0.2, 0.25) is 0 Å². The first-order valence-corrected chi connectivity index (χ1v) is 10.3. The van der Waals surface area contributed by atoms with Gasteiger partial charge in [0.05, 0.1) is 12.9 Å². The molecule has 0 bridgehead atoms. The highest BCUT2D eigenvalue weighted by Crippen LogP contribution is 2.10. The normalized spacial score (nSPS) is 16.3. The van der Waals surface area contributed by atoms with Gasteiger partial charge in [-0.2, -0.15) is 0 Å². The molecule has 0 fully saturated rings. The summed E-state index contributed by atoms with van der Waals surface area (Å²) < 4.78 is 9.98. The highest BCUT2D eigenvalue weighted by atomic mass is 16.5. The number of hydrogen-bond acceptors (Lipinski definition) is 6. The van der Waals surface area contributed by atoms with Crippen LogP contribution >= 0.6 is 0 Å². The van der Waals surface area contributed by atoms with Gasteiger partial charge in [0.25, 0.3) is 0 Å². The third-order valence-electron chi connectivity index (χ3n) is 4.51. The summed E-state index contributed by atoms with van der Waals surface area (Å²) in [4.78, 5) is 0. The lowest BCUT2D eigenvalue weighted by Crippen LogP contribution is -2.30. The zero-order valence-corrected chi connectivity index (χ0v) is 17.3. The van der Waals surface area contributed by atoms with Gasteiger partial charge in [-0.3, -0.25) is 0 Å². The molecule has 164 valence electrons. The molecule has 0 saturated carbocycles. The first-order chi connectivity index (χ1) is 13.6. The van der Waals surface area contributed by atoms with Gasteiger partial charge in [0.15, 0.2) is 0 Å². The molecule has 6 nitrogen and oxygen atoms in total. The van der Waals surface area contributed by atoms with Crippen LogP contribution in [-0.4, -0.2) is 65.2 Å². The van der Waals surface area contributed by atoms with E-state index in [1.165, 1.54) is 58.0 Å². The number of ether oxygens (including phenoxy) is 2. The van der Waals surface area contributed by atoms with Gasteiger partial charge >= 0.3 is 0 Å². The van der Waals surface area contributed by atoms with Gasteiger partial charge in [0.1, 0.15) is 31.0 Å². The minimum atomic E-state index is -1.05. The van der Waals surface area contributed by atoms with Crippen LogP contribution in [0.1, 0.15) is 57.8 Å². The van der Waals surface area contributed by atoms with Crippen molar-refractivity contribution < 1.29 is 29.9 Å². The van der Waals surface area contributed by atoms with Crippen molar-refractivity contribution in [2.45, 2.75) is 82.2 Å². The SMILES string of the molecule is C=CCCCCCCCCC/C=C/C(O)C(O)CO/C=C/C(O)C(CO)OC. The van der Waals surface area contributed by atoms with Crippen molar-refractivity contribution in [2.75, 3.05) is 20.3 Å². The second-order valence-electron chi connectivity index (χ2n) is 6.94. The molecule has 0 saturated heterocycles. The van der Waals surface area contributed by atoms with E-state index in [9.17, 15) is 15.3 Å². The van der Waals surface area contributed by atoms with Crippen molar-refractivity contribution in [3.63, 3.8) is 0 Å². The number of aliphatic hydroxyl groups is 4. The molecular formula is C22H40O6. The number of aliphatic hydroxyl groups excluding tert-OH is 4. The molecule has 0 aromatic heterocycles.